The lowest BCUT2D eigenvalue weighted by Crippen LogP contribution is -2.30. The van der Waals surface area contributed by atoms with Crippen molar-refractivity contribution in [2.45, 2.75) is 39.2 Å². The lowest BCUT2D eigenvalue weighted by Gasteiger charge is -2.26. The molecule has 0 saturated heterocycles. The monoisotopic (exact) mass is 405 g/mol. The summed E-state index contributed by atoms with van der Waals surface area (Å²) in [5, 5.41) is 17.7. The molecule has 6 heteroatoms. The first-order chi connectivity index (χ1) is 14.7. The zero-order chi connectivity index (χ0) is 21.1. The smallest absolute Gasteiger partial charge is 0.273 e. The molecule has 0 fully saturated rings. The molecule has 0 radical (unpaired) electrons. The molecule has 30 heavy (non-hydrogen) atoms. The summed E-state index contributed by atoms with van der Waals surface area (Å²) in [6, 6.07) is 14.8. The number of para-hydroxylation sites is 1. The molecule has 156 valence electrons. The number of phenolic OH excluding ortho intramolecular Hbond substituents is 1. The van der Waals surface area contributed by atoms with Crippen LogP contribution in [0.4, 0.5) is 0 Å². The number of benzene rings is 2. The molecular formula is C24H27N3O3. The molecule has 1 amide bonds. The Morgan fingerprint density at radius 1 is 1.10 bits per heavy atom. The highest BCUT2D eigenvalue weighted by atomic mass is 16.5. The number of carbonyl (C=O) groups excluding carboxylic acids is 1. The predicted octanol–water partition coefficient (Wildman–Crippen LogP) is 4.92. The molecule has 2 N–H and O–H groups in total. The fourth-order valence-electron chi connectivity index (χ4n) is 3.97. The van der Waals surface area contributed by atoms with Gasteiger partial charge in [-0.1, -0.05) is 44.5 Å². The van der Waals surface area contributed by atoms with Crippen molar-refractivity contribution in [1.82, 2.24) is 15.1 Å². The number of aromatic hydroxyl groups is 1. The van der Waals surface area contributed by atoms with Crippen LogP contribution in [-0.2, 0) is 0 Å². The first kappa shape index (κ1) is 20.0. The minimum Gasteiger partial charge on any atom is -0.507 e. The molecule has 1 atom stereocenters. The van der Waals surface area contributed by atoms with Crippen molar-refractivity contribution in [3.8, 4) is 22.8 Å². The van der Waals surface area contributed by atoms with Gasteiger partial charge >= 0.3 is 0 Å². The van der Waals surface area contributed by atoms with E-state index < -0.39 is 0 Å². The van der Waals surface area contributed by atoms with Crippen LogP contribution in [0, 0.1) is 0 Å². The number of hydrogen-bond donors (Lipinski definition) is 2. The van der Waals surface area contributed by atoms with Crippen LogP contribution >= 0.6 is 0 Å². The molecule has 4 rings (SSSR count). The maximum atomic E-state index is 13.1. The van der Waals surface area contributed by atoms with Gasteiger partial charge in [0.15, 0.2) is 0 Å². The van der Waals surface area contributed by atoms with E-state index in [1.807, 2.05) is 41.3 Å². The van der Waals surface area contributed by atoms with Crippen molar-refractivity contribution in [2.24, 2.45) is 0 Å². The number of fused-ring (bicyclic) bond motifs is 1. The molecule has 6 nitrogen and oxygen atoms in total. The van der Waals surface area contributed by atoms with Crippen LogP contribution in [0.2, 0.25) is 0 Å². The third-order valence-electron chi connectivity index (χ3n) is 5.45. The van der Waals surface area contributed by atoms with Crippen molar-refractivity contribution in [3.63, 3.8) is 0 Å². The minimum absolute atomic E-state index is 0.0608. The number of ether oxygens (including phenoxy) is 1. The standard InChI is InChI=1S/C24H27N3O3/c1-3-5-15-30-17-12-10-16(11-13-17)23-20-21(18-8-6-7-9-19(18)28)25-26-22(20)24(29)27(23)14-4-2/h6-13,23,28H,3-5,14-15H2,1-2H3,(H,25,26). The highest BCUT2D eigenvalue weighted by Crippen LogP contribution is 2.44. The van der Waals surface area contributed by atoms with Gasteiger partial charge in [-0.2, -0.15) is 5.10 Å². The van der Waals surface area contributed by atoms with E-state index in [-0.39, 0.29) is 17.7 Å². The number of hydrogen-bond acceptors (Lipinski definition) is 4. The molecule has 1 unspecified atom stereocenters. The molecule has 0 saturated carbocycles. The lowest BCUT2D eigenvalue weighted by atomic mass is 9.95. The van der Waals surface area contributed by atoms with Gasteiger partial charge in [0.25, 0.3) is 5.91 Å². The van der Waals surface area contributed by atoms with E-state index in [0.29, 0.717) is 30.1 Å². The van der Waals surface area contributed by atoms with Crippen LogP contribution in [0.15, 0.2) is 48.5 Å². The summed E-state index contributed by atoms with van der Waals surface area (Å²) in [4.78, 5) is 15.0. The normalized spacial score (nSPS) is 15.5. The van der Waals surface area contributed by atoms with Crippen molar-refractivity contribution in [3.05, 3.63) is 65.4 Å². The fraction of sp³-hybridized carbons (Fsp3) is 0.333. The summed E-state index contributed by atoms with van der Waals surface area (Å²) in [5.41, 5.74) is 3.54. The number of phenols is 1. The molecule has 0 bridgehead atoms. The Kier molecular flexibility index (Phi) is 5.74. The SMILES string of the molecule is CCCCOc1ccc(C2c3c(-c4ccccc4O)n[nH]c3C(=O)N2CCC)cc1. The number of aromatic nitrogens is 2. The maximum absolute atomic E-state index is 13.1. The third-order valence-corrected chi connectivity index (χ3v) is 5.45. The van der Waals surface area contributed by atoms with Gasteiger partial charge in [0.2, 0.25) is 0 Å². The molecular weight excluding hydrogens is 378 g/mol. The zero-order valence-electron chi connectivity index (χ0n) is 17.4. The van der Waals surface area contributed by atoms with E-state index in [1.54, 1.807) is 12.1 Å². The Morgan fingerprint density at radius 2 is 1.87 bits per heavy atom. The second-order valence-electron chi connectivity index (χ2n) is 7.55. The van der Waals surface area contributed by atoms with Gasteiger partial charge in [0.1, 0.15) is 22.9 Å². The van der Waals surface area contributed by atoms with E-state index >= 15 is 0 Å². The molecule has 1 aliphatic heterocycles. The van der Waals surface area contributed by atoms with Crippen LogP contribution in [0.3, 0.4) is 0 Å². The highest BCUT2D eigenvalue weighted by Gasteiger charge is 2.42. The average molecular weight is 405 g/mol. The van der Waals surface area contributed by atoms with Crippen molar-refractivity contribution in [2.75, 3.05) is 13.2 Å². The number of amides is 1. The molecule has 0 spiro atoms. The number of H-pyrrole nitrogens is 1. The second kappa shape index (κ2) is 8.61. The summed E-state index contributed by atoms with van der Waals surface area (Å²) >= 11 is 0. The number of unbranched alkanes of at least 4 members (excludes halogenated alkanes) is 1. The van der Waals surface area contributed by atoms with Gasteiger partial charge in [-0.15, -0.1) is 0 Å². The van der Waals surface area contributed by atoms with E-state index in [2.05, 4.69) is 24.0 Å². The van der Waals surface area contributed by atoms with Gasteiger partial charge in [0, 0.05) is 17.7 Å². The first-order valence-corrected chi connectivity index (χ1v) is 10.6. The minimum atomic E-state index is -0.259. The van der Waals surface area contributed by atoms with Crippen molar-refractivity contribution in [1.29, 1.82) is 0 Å². The summed E-state index contributed by atoms with van der Waals surface area (Å²) in [6.07, 6.45) is 2.96. The van der Waals surface area contributed by atoms with Crippen LogP contribution < -0.4 is 4.74 Å². The molecule has 2 aromatic carbocycles. The van der Waals surface area contributed by atoms with Gasteiger partial charge in [-0.3, -0.25) is 9.89 Å². The second-order valence-corrected chi connectivity index (χ2v) is 7.55. The molecule has 0 aliphatic carbocycles. The Hall–Kier alpha value is -3.28. The quantitative estimate of drug-likeness (QED) is 0.522. The van der Waals surface area contributed by atoms with Crippen LogP contribution in [0.5, 0.6) is 11.5 Å². The van der Waals surface area contributed by atoms with E-state index in [1.165, 1.54) is 0 Å². The van der Waals surface area contributed by atoms with Gasteiger partial charge in [0.05, 0.1) is 12.6 Å². The number of carbonyl (C=O) groups is 1. The fourth-order valence-corrected chi connectivity index (χ4v) is 3.97. The van der Waals surface area contributed by atoms with Gasteiger partial charge < -0.3 is 14.7 Å². The van der Waals surface area contributed by atoms with Crippen LogP contribution in [0.25, 0.3) is 11.3 Å². The maximum Gasteiger partial charge on any atom is 0.273 e. The molecule has 1 aromatic heterocycles. The summed E-state index contributed by atoms with van der Waals surface area (Å²) < 4.78 is 5.79. The zero-order valence-corrected chi connectivity index (χ0v) is 17.4. The first-order valence-electron chi connectivity index (χ1n) is 10.6. The van der Waals surface area contributed by atoms with Crippen molar-refractivity contribution < 1.29 is 14.6 Å². The summed E-state index contributed by atoms with van der Waals surface area (Å²) in [5.74, 6) is 0.910. The Labute approximate surface area is 176 Å². The Morgan fingerprint density at radius 3 is 2.57 bits per heavy atom. The van der Waals surface area contributed by atoms with Crippen LogP contribution in [0.1, 0.15) is 60.8 Å². The average Bonchev–Trinajstić information content (AvgIpc) is 3.29. The molecule has 3 aromatic rings. The third kappa shape index (κ3) is 3.54. The molecule has 2 heterocycles. The lowest BCUT2D eigenvalue weighted by molar-refractivity contribution is 0.0744. The Bertz CT molecular complexity index is 1030. The van der Waals surface area contributed by atoms with Crippen molar-refractivity contribution >= 4 is 5.91 Å². The topological polar surface area (TPSA) is 78.5 Å². The summed E-state index contributed by atoms with van der Waals surface area (Å²) in [6.45, 7) is 5.53. The van der Waals surface area contributed by atoms with Crippen LogP contribution in [-0.4, -0.2) is 39.3 Å². The van der Waals surface area contributed by atoms with E-state index in [9.17, 15) is 9.90 Å². The number of aromatic amines is 1. The summed E-state index contributed by atoms with van der Waals surface area (Å²) in [7, 11) is 0. The van der Waals surface area contributed by atoms with Gasteiger partial charge in [-0.25, -0.2) is 0 Å². The Balaban J connectivity index is 1.75. The largest absolute Gasteiger partial charge is 0.507 e. The number of rotatable bonds is 8. The predicted molar refractivity (Wildman–Crippen MR) is 116 cm³/mol. The van der Waals surface area contributed by atoms with E-state index in [4.69, 9.17) is 4.74 Å². The molecule has 1 aliphatic rings. The highest BCUT2D eigenvalue weighted by molar-refractivity contribution is 6.00. The van der Waals surface area contributed by atoms with E-state index in [0.717, 1.165) is 36.1 Å². The number of nitrogens with zero attached hydrogens (tertiary/aromatic N) is 2. The number of nitrogens with one attached hydrogen (secondary N) is 1. The van der Waals surface area contributed by atoms with Gasteiger partial charge in [-0.05, 0) is 42.7 Å².